The largest absolute Gasteiger partial charge is 0.338 e. The zero-order valence-corrected chi connectivity index (χ0v) is 29.0. The Bertz CT molecular complexity index is 2330. The van der Waals surface area contributed by atoms with Crippen molar-refractivity contribution < 1.29 is 9.59 Å². The number of fused-ring (bicyclic) bond motifs is 7. The highest BCUT2D eigenvalue weighted by atomic mass is 16.2. The first-order chi connectivity index (χ1) is 26.1. The van der Waals surface area contributed by atoms with Crippen LogP contribution in [0.2, 0.25) is 0 Å². The minimum Gasteiger partial charge on any atom is -0.338 e. The van der Waals surface area contributed by atoms with Gasteiger partial charge < -0.3 is 10.6 Å². The predicted octanol–water partition coefficient (Wildman–Crippen LogP) is 8.76. The fourth-order valence-corrected chi connectivity index (χ4v) is 6.66. The third-order valence-corrected chi connectivity index (χ3v) is 9.34. The van der Waals surface area contributed by atoms with E-state index in [1.165, 1.54) is 10.5 Å². The lowest BCUT2D eigenvalue weighted by molar-refractivity contribution is -0.117. The van der Waals surface area contributed by atoms with Crippen LogP contribution in [0.4, 0.5) is 28.7 Å². The molecule has 1 amide bonds. The van der Waals surface area contributed by atoms with E-state index >= 15 is 0 Å². The Morgan fingerprint density at radius 3 is 1.85 bits per heavy atom. The van der Waals surface area contributed by atoms with Gasteiger partial charge in [-0.1, -0.05) is 84.9 Å². The van der Waals surface area contributed by atoms with Gasteiger partial charge >= 0.3 is 0 Å². The average Bonchev–Trinajstić information content (AvgIpc) is 3.53. The molecule has 2 aliphatic rings. The summed E-state index contributed by atoms with van der Waals surface area (Å²) < 4.78 is 2.15. The van der Waals surface area contributed by atoms with Crippen LogP contribution in [0.1, 0.15) is 33.6 Å². The van der Waals surface area contributed by atoms with Gasteiger partial charge in [0.2, 0.25) is 0 Å². The quantitative estimate of drug-likeness (QED) is 0.164. The van der Waals surface area contributed by atoms with E-state index < -0.39 is 0 Å². The van der Waals surface area contributed by atoms with Gasteiger partial charge in [-0.05, 0) is 78.9 Å². The number of nitrogens with one attached hydrogen (secondary N) is 2. The van der Waals surface area contributed by atoms with Crippen LogP contribution in [0.15, 0.2) is 152 Å². The molecule has 4 aromatic carbocycles. The fourth-order valence-electron chi connectivity index (χ4n) is 6.66. The topological polar surface area (TPSA) is 105 Å². The van der Waals surface area contributed by atoms with Crippen molar-refractivity contribution in [2.75, 3.05) is 22.1 Å². The third kappa shape index (κ3) is 7.31. The van der Waals surface area contributed by atoms with Crippen LogP contribution in [0.25, 0.3) is 17.1 Å². The number of amides is 1. The summed E-state index contributed by atoms with van der Waals surface area (Å²) in [5.41, 5.74) is 8.54. The Balaban J connectivity index is 0.000000151. The summed E-state index contributed by atoms with van der Waals surface area (Å²) in [6.07, 6.45) is 8.57. The average molecular weight is 696 g/mol. The lowest BCUT2D eigenvalue weighted by Gasteiger charge is -2.21. The fraction of sp³-hybridized carbons (Fsp3) is 0.114. The molecule has 0 unspecified atom stereocenters. The molecule has 0 radical (unpaired) electrons. The van der Waals surface area contributed by atoms with Crippen molar-refractivity contribution >= 4 is 40.4 Å². The number of hydrogen-bond donors (Lipinski definition) is 2. The number of aromatic nitrogens is 4. The van der Waals surface area contributed by atoms with Crippen LogP contribution < -0.4 is 15.5 Å². The monoisotopic (exact) mass is 695 g/mol. The number of rotatable bonds is 8. The molecule has 0 bridgehead atoms. The van der Waals surface area contributed by atoms with Gasteiger partial charge in [0.25, 0.3) is 5.91 Å². The van der Waals surface area contributed by atoms with E-state index in [0.717, 1.165) is 52.7 Å². The van der Waals surface area contributed by atoms with Crippen molar-refractivity contribution in [1.29, 1.82) is 0 Å². The van der Waals surface area contributed by atoms with E-state index in [4.69, 9.17) is 4.98 Å². The minimum absolute atomic E-state index is 0.0152. The molecule has 260 valence electrons. The van der Waals surface area contributed by atoms with Crippen LogP contribution >= 0.6 is 0 Å². The number of carbonyl (C=O) groups excluding carboxylic acids is 2. The molecule has 5 heterocycles. The molecule has 3 aromatic heterocycles. The number of ketones is 1. The molecule has 0 aliphatic carbocycles. The smallest absolute Gasteiger partial charge is 0.260 e. The molecular formula is C44H37N7O2. The molecular weight excluding hydrogens is 659 g/mol. The van der Waals surface area contributed by atoms with Gasteiger partial charge in [-0.25, -0.2) is 15.0 Å². The second-order valence-electron chi connectivity index (χ2n) is 12.9. The normalized spacial score (nSPS) is 12.2. The van der Waals surface area contributed by atoms with Gasteiger partial charge in [0.05, 0.1) is 40.6 Å². The Kier molecular flexibility index (Phi) is 9.52. The van der Waals surface area contributed by atoms with E-state index in [1.807, 2.05) is 79.0 Å². The van der Waals surface area contributed by atoms with Gasteiger partial charge in [0.15, 0.2) is 17.4 Å². The third-order valence-electron chi connectivity index (χ3n) is 9.34. The van der Waals surface area contributed by atoms with Gasteiger partial charge in [0, 0.05) is 30.6 Å². The number of para-hydroxylation sites is 2. The lowest BCUT2D eigenvalue weighted by atomic mass is 10.1. The van der Waals surface area contributed by atoms with Crippen LogP contribution in [0.5, 0.6) is 0 Å². The molecule has 2 N–H and O–H groups in total. The molecule has 9 nitrogen and oxygen atoms in total. The Hall–Kier alpha value is -6.87. The number of benzene rings is 4. The highest BCUT2D eigenvalue weighted by Crippen LogP contribution is 2.37. The SMILES string of the molecule is O=C(CCc1ccccc1)CN1C(=O)c2ccccc2Nc2ncccc21.c1ccc(CCc2cn3c(n2)-c2ccccc2Nc2ncccc2-3)cc1. The van der Waals surface area contributed by atoms with Crippen LogP contribution in [0.3, 0.4) is 0 Å². The Morgan fingerprint density at radius 1 is 0.585 bits per heavy atom. The molecule has 7 aromatic rings. The predicted molar refractivity (Wildman–Crippen MR) is 209 cm³/mol. The van der Waals surface area contributed by atoms with E-state index in [2.05, 4.69) is 79.9 Å². The van der Waals surface area contributed by atoms with Crippen molar-refractivity contribution in [1.82, 2.24) is 19.5 Å². The molecule has 0 atom stereocenters. The zero-order chi connectivity index (χ0) is 36.0. The number of carbonyl (C=O) groups is 2. The highest BCUT2D eigenvalue weighted by molar-refractivity contribution is 6.15. The first-order valence-electron chi connectivity index (χ1n) is 17.7. The van der Waals surface area contributed by atoms with E-state index in [9.17, 15) is 9.59 Å². The second kappa shape index (κ2) is 15.2. The first-order valence-corrected chi connectivity index (χ1v) is 17.7. The van der Waals surface area contributed by atoms with Crippen molar-refractivity contribution in [3.8, 4) is 17.1 Å². The summed E-state index contributed by atoms with van der Waals surface area (Å²) in [4.78, 5) is 41.1. The lowest BCUT2D eigenvalue weighted by Crippen LogP contribution is -2.35. The highest BCUT2D eigenvalue weighted by Gasteiger charge is 2.28. The molecule has 9 rings (SSSR count). The van der Waals surface area contributed by atoms with E-state index in [-0.39, 0.29) is 18.2 Å². The molecule has 0 spiro atoms. The molecule has 9 heteroatoms. The minimum atomic E-state index is -0.196. The molecule has 0 saturated heterocycles. The maximum atomic E-state index is 13.1. The molecule has 0 saturated carbocycles. The molecule has 0 fully saturated rings. The second-order valence-corrected chi connectivity index (χ2v) is 12.9. The number of pyridine rings is 2. The standard InChI is InChI=1S/C22H18N4.C22H19N3O2/c1-2-7-16(8-3-1)12-13-17-15-26-20-11-6-14-23-21(20)25-19-10-5-4-9-18(19)22(26)24-17;26-17(13-12-16-7-2-1-3-8-16)15-25-20-11-6-14-23-21(20)24-19-10-5-4-9-18(19)22(25)27/h1-11,14-15H,12-13H2,(H,23,25);1-11,14H,12-13,15H2,(H,23,24). The van der Waals surface area contributed by atoms with Gasteiger partial charge in [-0.2, -0.15) is 0 Å². The summed E-state index contributed by atoms with van der Waals surface area (Å²) in [5, 5.41) is 6.65. The van der Waals surface area contributed by atoms with Crippen molar-refractivity contribution in [3.63, 3.8) is 0 Å². The van der Waals surface area contributed by atoms with Crippen molar-refractivity contribution in [2.45, 2.75) is 25.7 Å². The maximum absolute atomic E-state index is 13.1. The van der Waals surface area contributed by atoms with Crippen LogP contribution in [0, 0.1) is 0 Å². The van der Waals surface area contributed by atoms with Gasteiger partial charge in [-0.3, -0.25) is 19.1 Å². The van der Waals surface area contributed by atoms with Gasteiger partial charge in [-0.15, -0.1) is 0 Å². The number of imidazole rings is 1. The first kappa shape index (κ1) is 33.3. The maximum Gasteiger partial charge on any atom is 0.260 e. The summed E-state index contributed by atoms with van der Waals surface area (Å²) in [5.74, 6) is 2.21. The molecule has 53 heavy (non-hydrogen) atoms. The molecule has 2 aliphatic heterocycles. The number of nitrogens with zero attached hydrogens (tertiary/aromatic N) is 5. The van der Waals surface area contributed by atoms with Crippen LogP contribution in [-0.2, 0) is 24.1 Å². The zero-order valence-electron chi connectivity index (χ0n) is 29.0. The van der Waals surface area contributed by atoms with Crippen molar-refractivity contribution in [3.05, 3.63) is 174 Å². The van der Waals surface area contributed by atoms with Crippen molar-refractivity contribution in [2.24, 2.45) is 0 Å². The summed E-state index contributed by atoms with van der Waals surface area (Å²) in [7, 11) is 0. The van der Waals surface area contributed by atoms with E-state index in [0.29, 0.717) is 35.6 Å². The number of hydrogen-bond acceptors (Lipinski definition) is 7. The number of aryl methyl sites for hydroxylation is 3. The van der Waals surface area contributed by atoms with Crippen LogP contribution in [-0.4, -0.2) is 37.8 Å². The summed E-state index contributed by atoms with van der Waals surface area (Å²) in [6.45, 7) is 0.0281. The van der Waals surface area contributed by atoms with E-state index in [1.54, 1.807) is 18.3 Å². The Morgan fingerprint density at radius 2 is 1.15 bits per heavy atom. The number of Topliss-reactive ketones (excluding diaryl/α,β-unsaturated/α-hetero) is 1. The number of anilines is 5. The summed E-state index contributed by atoms with van der Waals surface area (Å²) >= 11 is 0. The van der Waals surface area contributed by atoms with Gasteiger partial charge in [0.1, 0.15) is 5.82 Å². The summed E-state index contributed by atoms with van der Waals surface area (Å²) in [6, 6.07) is 43.6. The Labute approximate surface area is 308 Å².